The molecule has 0 saturated carbocycles. The zero-order chi connectivity index (χ0) is 13.6. The number of methoxy groups -OCH3 is 1. The highest BCUT2D eigenvalue weighted by Gasteiger charge is 2.31. The van der Waals surface area contributed by atoms with E-state index in [9.17, 15) is 13.5 Å². The van der Waals surface area contributed by atoms with E-state index in [4.69, 9.17) is 4.74 Å². The first-order valence-electron chi connectivity index (χ1n) is 6.37. The molecule has 1 saturated heterocycles. The molecule has 1 aliphatic heterocycles. The Morgan fingerprint density at radius 2 is 2.22 bits per heavy atom. The highest BCUT2D eigenvalue weighted by Crippen LogP contribution is 2.19. The van der Waals surface area contributed by atoms with Gasteiger partial charge in [0.25, 0.3) is 10.2 Å². The van der Waals surface area contributed by atoms with Gasteiger partial charge >= 0.3 is 0 Å². The number of rotatable bonds is 7. The molecule has 18 heavy (non-hydrogen) atoms. The number of ether oxygens (including phenoxy) is 1. The van der Waals surface area contributed by atoms with E-state index in [0.29, 0.717) is 19.7 Å². The number of nitrogens with one attached hydrogen (secondary N) is 1. The molecule has 1 fully saturated rings. The molecular formula is C11H24N2O4S. The molecule has 1 aliphatic rings. The first-order chi connectivity index (χ1) is 8.51. The maximum atomic E-state index is 12.1. The maximum Gasteiger partial charge on any atom is 0.279 e. The molecule has 0 aromatic carbocycles. The summed E-state index contributed by atoms with van der Waals surface area (Å²) >= 11 is 0. The van der Waals surface area contributed by atoms with Gasteiger partial charge in [0.1, 0.15) is 0 Å². The molecule has 0 amide bonds. The number of hydrogen-bond donors (Lipinski definition) is 2. The Hall–Kier alpha value is -0.210. The van der Waals surface area contributed by atoms with Gasteiger partial charge in [0.2, 0.25) is 0 Å². The number of piperidine rings is 1. The molecule has 0 radical (unpaired) electrons. The van der Waals surface area contributed by atoms with Crippen molar-refractivity contribution in [3.63, 3.8) is 0 Å². The first kappa shape index (κ1) is 15.8. The van der Waals surface area contributed by atoms with Gasteiger partial charge in [-0.1, -0.05) is 13.3 Å². The standard InChI is InChI=1S/C11H24N2O4S/c1-10(9-17-2)7-12-18(15,16)13-6-4-3-5-11(13)8-14/h10-12,14H,3-9H2,1-2H3. The average Bonchev–Trinajstić information content (AvgIpc) is 2.37. The lowest BCUT2D eigenvalue weighted by Crippen LogP contribution is -2.51. The minimum atomic E-state index is -3.49. The molecule has 0 aromatic rings. The normalized spacial score (nSPS) is 24.1. The summed E-state index contributed by atoms with van der Waals surface area (Å²) in [5.41, 5.74) is 0. The predicted octanol–water partition coefficient (Wildman–Crippen LogP) is -0.0499. The van der Waals surface area contributed by atoms with Crippen molar-refractivity contribution in [1.29, 1.82) is 0 Å². The van der Waals surface area contributed by atoms with Crippen LogP contribution in [0.15, 0.2) is 0 Å². The Morgan fingerprint density at radius 1 is 1.50 bits per heavy atom. The Kier molecular flexibility index (Phi) is 6.51. The molecule has 0 bridgehead atoms. The van der Waals surface area contributed by atoms with Crippen molar-refractivity contribution in [3.05, 3.63) is 0 Å². The van der Waals surface area contributed by atoms with Gasteiger partial charge in [0.15, 0.2) is 0 Å². The van der Waals surface area contributed by atoms with Crippen molar-refractivity contribution >= 4 is 10.2 Å². The largest absolute Gasteiger partial charge is 0.395 e. The van der Waals surface area contributed by atoms with Gasteiger partial charge in [-0.2, -0.15) is 12.7 Å². The lowest BCUT2D eigenvalue weighted by molar-refractivity contribution is 0.150. The SMILES string of the molecule is COCC(C)CNS(=O)(=O)N1CCCCC1CO. The molecule has 108 valence electrons. The van der Waals surface area contributed by atoms with Gasteiger partial charge in [-0.15, -0.1) is 0 Å². The summed E-state index contributed by atoms with van der Waals surface area (Å²) in [4.78, 5) is 0. The fourth-order valence-corrected chi connectivity index (χ4v) is 3.74. The molecule has 6 nitrogen and oxygen atoms in total. The molecule has 2 atom stereocenters. The molecular weight excluding hydrogens is 256 g/mol. The number of hydrogen-bond acceptors (Lipinski definition) is 4. The van der Waals surface area contributed by atoms with E-state index >= 15 is 0 Å². The number of nitrogens with zero attached hydrogens (tertiary/aromatic N) is 1. The summed E-state index contributed by atoms with van der Waals surface area (Å²) in [5, 5.41) is 9.23. The summed E-state index contributed by atoms with van der Waals surface area (Å²) < 4.78 is 33.2. The van der Waals surface area contributed by atoms with E-state index in [1.54, 1.807) is 7.11 Å². The third kappa shape index (κ3) is 4.47. The van der Waals surface area contributed by atoms with Crippen LogP contribution in [0.1, 0.15) is 26.2 Å². The van der Waals surface area contributed by atoms with E-state index in [0.717, 1.165) is 19.3 Å². The molecule has 1 heterocycles. The summed E-state index contributed by atoms with van der Waals surface area (Å²) in [6, 6.07) is -0.283. The number of aliphatic hydroxyl groups excluding tert-OH is 1. The molecule has 2 unspecified atom stereocenters. The fraction of sp³-hybridized carbons (Fsp3) is 1.00. The van der Waals surface area contributed by atoms with Crippen molar-refractivity contribution in [1.82, 2.24) is 9.03 Å². The van der Waals surface area contributed by atoms with Crippen LogP contribution in [0.5, 0.6) is 0 Å². The highest BCUT2D eigenvalue weighted by molar-refractivity contribution is 7.87. The van der Waals surface area contributed by atoms with Crippen molar-refractivity contribution in [2.45, 2.75) is 32.2 Å². The van der Waals surface area contributed by atoms with Crippen molar-refractivity contribution in [3.8, 4) is 0 Å². The van der Waals surface area contributed by atoms with Gasteiger partial charge in [-0.05, 0) is 18.8 Å². The van der Waals surface area contributed by atoms with E-state index in [-0.39, 0.29) is 18.6 Å². The van der Waals surface area contributed by atoms with E-state index in [2.05, 4.69) is 4.72 Å². The zero-order valence-electron chi connectivity index (χ0n) is 11.1. The second-order valence-corrected chi connectivity index (χ2v) is 6.56. The summed E-state index contributed by atoms with van der Waals surface area (Å²) in [6.45, 7) is 3.16. The second kappa shape index (κ2) is 7.40. The zero-order valence-corrected chi connectivity index (χ0v) is 11.9. The van der Waals surface area contributed by atoms with Crippen LogP contribution in [-0.4, -0.2) is 57.3 Å². The van der Waals surface area contributed by atoms with Crippen LogP contribution < -0.4 is 4.72 Å². The van der Waals surface area contributed by atoms with Gasteiger partial charge < -0.3 is 9.84 Å². The van der Waals surface area contributed by atoms with Crippen LogP contribution in [-0.2, 0) is 14.9 Å². The number of aliphatic hydroxyl groups is 1. The van der Waals surface area contributed by atoms with E-state index in [1.165, 1.54) is 4.31 Å². The summed E-state index contributed by atoms with van der Waals surface area (Å²) in [7, 11) is -1.90. The topological polar surface area (TPSA) is 78.9 Å². The third-order valence-corrected chi connectivity index (χ3v) is 4.79. The van der Waals surface area contributed by atoms with Crippen LogP contribution in [0, 0.1) is 5.92 Å². The van der Waals surface area contributed by atoms with Crippen LogP contribution >= 0.6 is 0 Å². The quantitative estimate of drug-likeness (QED) is 0.685. The second-order valence-electron chi connectivity index (χ2n) is 4.86. The Balaban J connectivity index is 2.55. The van der Waals surface area contributed by atoms with Gasteiger partial charge in [0.05, 0.1) is 6.61 Å². The first-order valence-corrected chi connectivity index (χ1v) is 7.81. The van der Waals surface area contributed by atoms with Crippen LogP contribution in [0.4, 0.5) is 0 Å². The Bertz CT molecular complexity index is 334. The summed E-state index contributed by atoms with van der Waals surface area (Å²) in [6.07, 6.45) is 2.55. The minimum Gasteiger partial charge on any atom is -0.395 e. The fourth-order valence-electron chi connectivity index (χ4n) is 2.15. The maximum absolute atomic E-state index is 12.1. The van der Waals surface area contributed by atoms with Gasteiger partial charge in [-0.25, -0.2) is 4.72 Å². The minimum absolute atomic E-state index is 0.117. The summed E-state index contributed by atoms with van der Waals surface area (Å²) in [5.74, 6) is 0.127. The monoisotopic (exact) mass is 280 g/mol. The molecule has 0 aliphatic carbocycles. The highest BCUT2D eigenvalue weighted by atomic mass is 32.2. The van der Waals surface area contributed by atoms with Crippen LogP contribution in [0.25, 0.3) is 0 Å². The van der Waals surface area contributed by atoms with Crippen LogP contribution in [0.3, 0.4) is 0 Å². The van der Waals surface area contributed by atoms with E-state index in [1.807, 2.05) is 6.92 Å². The Labute approximate surface area is 109 Å². The molecule has 2 N–H and O–H groups in total. The molecule has 7 heteroatoms. The lowest BCUT2D eigenvalue weighted by atomic mass is 10.1. The van der Waals surface area contributed by atoms with Crippen LogP contribution in [0.2, 0.25) is 0 Å². The van der Waals surface area contributed by atoms with E-state index < -0.39 is 10.2 Å². The predicted molar refractivity (Wildman–Crippen MR) is 69.4 cm³/mol. The third-order valence-electron chi connectivity index (χ3n) is 3.16. The van der Waals surface area contributed by atoms with Gasteiger partial charge in [-0.3, -0.25) is 0 Å². The molecule has 0 aromatic heterocycles. The van der Waals surface area contributed by atoms with Crippen molar-refractivity contribution < 1.29 is 18.3 Å². The average molecular weight is 280 g/mol. The van der Waals surface area contributed by atoms with Crippen molar-refractivity contribution in [2.24, 2.45) is 5.92 Å². The van der Waals surface area contributed by atoms with Crippen molar-refractivity contribution in [2.75, 3.05) is 33.4 Å². The molecule has 1 rings (SSSR count). The molecule has 0 spiro atoms. The van der Waals surface area contributed by atoms with Gasteiger partial charge in [0, 0.05) is 32.8 Å². The Morgan fingerprint density at radius 3 is 2.83 bits per heavy atom. The lowest BCUT2D eigenvalue weighted by Gasteiger charge is -2.33. The smallest absolute Gasteiger partial charge is 0.279 e.